The fourth-order valence-electron chi connectivity index (χ4n) is 2.37. The van der Waals surface area contributed by atoms with Crippen molar-refractivity contribution in [2.45, 2.75) is 26.7 Å². The lowest BCUT2D eigenvalue weighted by Crippen LogP contribution is -2.22. The van der Waals surface area contributed by atoms with Crippen LogP contribution in [0, 0.1) is 6.92 Å². The lowest BCUT2D eigenvalue weighted by Gasteiger charge is -2.09. The van der Waals surface area contributed by atoms with E-state index in [-0.39, 0.29) is 24.5 Å². The van der Waals surface area contributed by atoms with Crippen molar-refractivity contribution in [1.82, 2.24) is 0 Å². The molecule has 0 aliphatic rings. The van der Waals surface area contributed by atoms with Gasteiger partial charge in [-0.15, -0.1) is 0 Å². The Morgan fingerprint density at radius 1 is 0.893 bits per heavy atom. The van der Waals surface area contributed by atoms with E-state index in [1.165, 1.54) is 6.92 Å². The van der Waals surface area contributed by atoms with Crippen molar-refractivity contribution in [3.05, 3.63) is 59.7 Å². The van der Waals surface area contributed by atoms with Gasteiger partial charge in [0.05, 0.1) is 6.42 Å². The van der Waals surface area contributed by atoms with Crippen LogP contribution in [0.1, 0.15) is 35.7 Å². The van der Waals surface area contributed by atoms with E-state index in [1.807, 2.05) is 19.1 Å². The fraction of sp³-hybridized carbons (Fsp3) is 0.238. The van der Waals surface area contributed by atoms with Crippen LogP contribution in [-0.4, -0.2) is 30.2 Å². The first-order valence-electron chi connectivity index (χ1n) is 8.77. The molecule has 7 heteroatoms. The Morgan fingerprint density at radius 2 is 1.64 bits per heavy atom. The largest absolute Gasteiger partial charge is 0.456 e. The highest BCUT2D eigenvalue weighted by atomic mass is 16.5. The van der Waals surface area contributed by atoms with E-state index in [1.54, 1.807) is 36.4 Å². The maximum Gasteiger partial charge on any atom is 0.306 e. The summed E-state index contributed by atoms with van der Waals surface area (Å²) in [6.45, 7) is 2.87. The summed E-state index contributed by atoms with van der Waals surface area (Å²) in [4.78, 5) is 46.9. The average molecular weight is 382 g/mol. The number of hydrogen-bond donors (Lipinski definition) is 2. The number of carbonyl (C=O) groups excluding carboxylic acids is 4. The Kier molecular flexibility index (Phi) is 7.45. The van der Waals surface area contributed by atoms with Gasteiger partial charge in [0.25, 0.3) is 5.91 Å². The number of hydrogen-bond acceptors (Lipinski definition) is 5. The molecule has 0 aromatic heterocycles. The van der Waals surface area contributed by atoms with Crippen molar-refractivity contribution in [2.24, 2.45) is 0 Å². The number of amides is 2. The summed E-state index contributed by atoms with van der Waals surface area (Å²) < 4.78 is 4.89. The minimum Gasteiger partial charge on any atom is -0.456 e. The number of nitrogens with one attached hydrogen (secondary N) is 2. The Bertz CT molecular complexity index is 892. The number of ether oxygens (including phenoxy) is 1. The molecule has 2 rings (SSSR count). The first-order valence-corrected chi connectivity index (χ1v) is 8.77. The van der Waals surface area contributed by atoms with Crippen LogP contribution in [0.25, 0.3) is 0 Å². The molecule has 28 heavy (non-hydrogen) atoms. The van der Waals surface area contributed by atoms with Crippen LogP contribution in [0.5, 0.6) is 0 Å². The Balaban J connectivity index is 1.72. The second-order valence-electron chi connectivity index (χ2n) is 6.21. The number of esters is 1. The number of aryl methyl sites for hydroxylation is 1. The first kappa shape index (κ1) is 20.8. The van der Waals surface area contributed by atoms with Crippen molar-refractivity contribution in [3.8, 4) is 0 Å². The molecule has 0 fully saturated rings. The Hall–Kier alpha value is -3.48. The monoisotopic (exact) mass is 382 g/mol. The number of ketones is 1. The third-order valence-corrected chi connectivity index (χ3v) is 3.89. The summed E-state index contributed by atoms with van der Waals surface area (Å²) >= 11 is 0. The van der Waals surface area contributed by atoms with Crippen LogP contribution in [0.15, 0.2) is 48.5 Å². The molecule has 2 N–H and O–H groups in total. The van der Waals surface area contributed by atoms with E-state index in [9.17, 15) is 19.2 Å². The van der Waals surface area contributed by atoms with Crippen molar-refractivity contribution in [2.75, 3.05) is 17.2 Å². The topological polar surface area (TPSA) is 102 Å². The fourth-order valence-corrected chi connectivity index (χ4v) is 2.37. The van der Waals surface area contributed by atoms with Gasteiger partial charge in [0, 0.05) is 23.4 Å². The van der Waals surface area contributed by atoms with Gasteiger partial charge in [0.1, 0.15) is 0 Å². The SMILES string of the molecule is CC(=O)c1cccc(NC(=O)CCC(=O)OCC(=O)Nc2ccccc2C)c1. The van der Waals surface area contributed by atoms with Gasteiger partial charge in [0.2, 0.25) is 5.91 Å². The van der Waals surface area contributed by atoms with Crippen molar-refractivity contribution in [1.29, 1.82) is 0 Å². The van der Waals surface area contributed by atoms with Crippen LogP contribution in [0.2, 0.25) is 0 Å². The van der Waals surface area contributed by atoms with Crippen molar-refractivity contribution < 1.29 is 23.9 Å². The molecule has 0 radical (unpaired) electrons. The number of benzene rings is 2. The molecule has 0 atom stereocenters. The molecular weight excluding hydrogens is 360 g/mol. The van der Waals surface area contributed by atoms with Crippen LogP contribution in [0.3, 0.4) is 0 Å². The zero-order valence-electron chi connectivity index (χ0n) is 15.8. The summed E-state index contributed by atoms with van der Waals surface area (Å²) in [5, 5.41) is 5.27. The van der Waals surface area contributed by atoms with Crippen LogP contribution >= 0.6 is 0 Å². The molecule has 0 saturated heterocycles. The van der Waals surface area contributed by atoms with E-state index in [0.29, 0.717) is 16.9 Å². The molecule has 0 aliphatic carbocycles. The quantitative estimate of drug-likeness (QED) is 0.540. The van der Waals surface area contributed by atoms with Gasteiger partial charge in [-0.2, -0.15) is 0 Å². The highest BCUT2D eigenvalue weighted by molar-refractivity contribution is 5.97. The zero-order chi connectivity index (χ0) is 20.5. The summed E-state index contributed by atoms with van der Waals surface area (Å²) in [5.74, 6) is -1.59. The van der Waals surface area contributed by atoms with Gasteiger partial charge in [-0.05, 0) is 37.6 Å². The van der Waals surface area contributed by atoms with Gasteiger partial charge < -0.3 is 15.4 Å². The molecular formula is C21H22N2O5. The van der Waals surface area contributed by atoms with Gasteiger partial charge in [-0.1, -0.05) is 30.3 Å². The molecule has 2 aromatic carbocycles. The smallest absolute Gasteiger partial charge is 0.306 e. The predicted molar refractivity (Wildman–Crippen MR) is 105 cm³/mol. The van der Waals surface area contributed by atoms with Crippen molar-refractivity contribution >= 4 is 34.9 Å². The summed E-state index contributed by atoms with van der Waals surface area (Å²) in [7, 11) is 0. The van der Waals surface area contributed by atoms with E-state index in [2.05, 4.69) is 10.6 Å². The normalized spacial score (nSPS) is 10.1. The van der Waals surface area contributed by atoms with Crippen LogP contribution < -0.4 is 10.6 Å². The maximum atomic E-state index is 11.9. The highest BCUT2D eigenvalue weighted by Gasteiger charge is 2.12. The highest BCUT2D eigenvalue weighted by Crippen LogP contribution is 2.13. The number of anilines is 2. The minimum absolute atomic E-state index is 0.0947. The van der Waals surface area contributed by atoms with E-state index < -0.39 is 18.5 Å². The molecule has 0 aliphatic heterocycles. The van der Waals surface area contributed by atoms with Crippen molar-refractivity contribution in [3.63, 3.8) is 0 Å². The Morgan fingerprint density at radius 3 is 2.36 bits per heavy atom. The number of Topliss-reactive ketones (excluding diaryl/α,β-unsaturated/α-hetero) is 1. The zero-order valence-corrected chi connectivity index (χ0v) is 15.8. The second kappa shape index (κ2) is 10.0. The van der Waals surface area contributed by atoms with Crippen LogP contribution in [-0.2, 0) is 19.1 Å². The molecule has 0 heterocycles. The van der Waals surface area contributed by atoms with E-state index in [0.717, 1.165) is 5.56 Å². The summed E-state index contributed by atoms with van der Waals surface area (Å²) in [6.07, 6.45) is -0.252. The molecule has 2 amide bonds. The average Bonchev–Trinajstić information content (AvgIpc) is 2.66. The summed E-state index contributed by atoms with van der Waals surface area (Å²) in [6, 6.07) is 13.8. The maximum absolute atomic E-state index is 11.9. The third-order valence-electron chi connectivity index (χ3n) is 3.89. The minimum atomic E-state index is -0.646. The van der Waals surface area contributed by atoms with Gasteiger partial charge in [-0.3, -0.25) is 19.2 Å². The van der Waals surface area contributed by atoms with Crippen LogP contribution in [0.4, 0.5) is 11.4 Å². The molecule has 146 valence electrons. The lowest BCUT2D eigenvalue weighted by atomic mass is 10.1. The standard InChI is InChI=1S/C21H22N2O5/c1-14-6-3-4-9-18(14)23-20(26)13-28-21(27)11-10-19(25)22-17-8-5-7-16(12-17)15(2)24/h3-9,12H,10-11,13H2,1-2H3,(H,22,25)(H,23,26). The van der Waals surface area contributed by atoms with E-state index >= 15 is 0 Å². The molecule has 7 nitrogen and oxygen atoms in total. The van der Waals surface area contributed by atoms with E-state index in [4.69, 9.17) is 4.74 Å². The summed E-state index contributed by atoms with van der Waals surface area (Å²) in [5.41, 5.74) is 2.50. The Labute approximate surface area is 163 Å². The molecule has 0 bridgehead atoms. The third kappa shape index (κ3) is 6.68. The van der Waals surface area contributed by atoms with Gasteiger partial charge in [-0.25, -0.2) is 0 Å². The molecule has 0 unspecified atom stereocenters. The molecule has 2 aromatic rings. The van der Waals surface area contributed by atoms with Gasteiger partial charge >= 0.3 is 5.97 Å². The molecule has 0 saturated carbocycles. The van der Waals surface area contributed by atoms with Gasteiger partial charge in [0.15, 0.2) is 12.4 Å². The lowest BCUT2D eigenvalue weighted by molar-refractivity contribution is -0.147. The number of carbonyl (C=O) groups is 4. The second-order valence-corrected chi connectivity index (χ2v) is 6.21. The molecule has 0 spiro atoms. The first-order chi connectivity index (χ1) is 13.3. The number of rotatable bonds is 8. The predicted octanol–water partition coefficient (Wildman–Crippen LogP) is 3.10. The number of para-hydroxylation sites is 1.